The van der Waals surface area contributed by atoms with E-state index in [1.165, 1.54) is 35.6 Å². The number of aromatic nitrogens is 1. The second-order valence-electron chi connectivity index (χ2n) is 7.97. The molecule has 1 aliphatic carbocycles. The molecule has 1 aromatic heterocycles. The van der Waals surface area contributed by atoms with Crippen molar-refractivity contribution in [1.29, 1.82) is 0 Å². The van der Waals surface area contributed by atoms with Gasteiger partial charge in [-0.25, -0.2) is 23.7 Å². The van der Waals surface area contributed by atoms with E-state index in [4.69, 9.17) is 14.2 Å². The SMILES string of the molecule is O=C1OC2CC(CS(=O)(=O)c3ccc(Oc4nc5ccccc5s4)cc3)(C(=O)NO)CC2O1. The summed E-state index contributed by atoms with van der Waals surface area (Å²) in [7, 11) is -3.95. The Hall–Kier alpha value is -3.22. The summed E-state index contributed by atoms with van der Waals surface area (Å²) in [6, 6.07) is 13.4. The van der Waals surface area contributed by atoms with E-state index < -0.39 is 45.3 Å². The predicted molar refractivity (Wildman–Crippen MR) is 115 cm³/mol. The first kappa shape index (κ1) is 21.6. The number of rotatable bonds is 6. The van der Waals surface area contributed by atoms with Crippen LogP contribution in [0.2, 0.25) is 0 Å². The third kappa shape index (κ3) is 4.01. The molecule has 1 amide bonds. The minimum Gasteiger partial charge on any atom is -0.431 e. The van der Waals surface area contributed by atoms with Gasteiger partial charge in [0, 0.05) is 12.8 Å². The maximum atomic E-state index is 13.1. The Morgan fingerprint density at radius 2 is 1.82 bits per heavy atom. The number of nitrogens with one attached hydrogen (secondary N) is 1. The molecular weight excluding hydrogens is 472 g/mol. The number of benzene rings is 2. The first-order chi connectivity index (χ1) is 15.8. The maximum absolute atomic E-state index is 13.1. The largest absolute Gasteiger partial charge is 0.509 e. The van der Waals surface area contributed by atoms with Crippen LogP contribution in [0.4, 0.5) is 4.79 Å². The molecule has 2 atom stereocenters. The molecule has 1 aliphatic heterocycles. The molecule has 2 heterocycles. The highest BCUT2D eigenvalue weighted by Gasteiger charge is 2.58. The summed E-state index contributed by atoms with van der Waals surface area (Å²) in [5, 5.41) is 9.64. The molecule has 5 rings (SSSR count). The minimum atomic E-state index is -3.95. The van der Waals surface area contributed by atoms with E-state index >= 15 is 0 Å². The average molecular weight is 491 g/mol. The highest BCUT2D eigenvalue weighted by atomic mass is 32.2. The van der Waals surface area contributed by atoms with Crippen LogP contribution in [-0.4, -0.2) is 48.6 Å². The molecule has 2 unspecified atom stereocenters. The number of fused-ring (bicyclic) bond motifs is 2. The van der Waals surface area contributed by atoms with E-state index in [1.54, 1.807) is 5.48 Å². The van der Waals surface area contributed by atoms with Crippen molar-refractivity contribution in [3.63, 3.8) is 0 Å². The molecule has 2 fully saturated rings. The molecule has 2 aliphatic rings. The molecular formula is C21H18N2O8S2. The third-order valence-electron chi connectivity index (χ3n) is 5.81. The van der Waals surface area contributed by atoms with Crippen LogP contribution in [0, 0.1) is 5.41 Å². The number of hydroxylamine groups is 1. The van der Waals surface area contributed by atoms with Crippen molar-refractivity contribution >= 4 is 43.5 Å². The summed E-state index contributed by atoms with van der Waals surface area (Å²) in [4.78, 5) is 28.1. The molecule has 12 heteroatoms. The average Bonchev–Trinajstić information content (AvgIpc) is 3.43. The molecule has 172 valence electrons. The third-order valence-corrected chi connectivity index (χ3v) is 8.64. The van der Waals surface area contributed by atoms with Gasteiger partial charge in [0.05, 0.1) is 26.3 Å². The lowest BCUT2D eigenvalue weighted by molar-refractivity contribution is -0.139. The zero-order valence-electron chi connectivity index (χ0n) is 17.0. The highest BCUT2D eigenvalue weighted by molar-refractivity contribution is 7.91. The number of thiazole rings is 1. The van der Waals surface area contributed by atoms with E-state index in [9.17, 15) is 23.2 Å². The number of ether oxygens (including phenoxy) is 3. The van der Waals surface area contributed by atoms with Gasteiger partial charge in [0.25, 0.3) is 11.1 Å². The Morgan fingerprint density at radius 3 is 2.45 bits per heavy atom. The van der Waals surface area contributed by atoms with Crippen LogP contribution < -0.4 is 10.2 Å². The first-order valence-corrected chi connectivity index (χ1v) is 12.4. The smallest absolute Gasteiger partial charge is 0.431 e. The summed E-state index contributed by atoms with van der Waals surface area (Å²) in [6.07, 6.45) is -2.49. The minimum absolute atomic E-state index is 0.0146. The van der Waals surface area contributed by atoms with Gasteiger partial charge in [-0.2, -0.15) is 0 Å². The quantitative estimate of drug-likeness (QED) is 0.303. The maximum Gasteiger partial charge on any atom is 0.509 e. The fraction of sp³-hybridized carbons (Fsp3) is 0.286. The normalized spacial score (nSPS) is 24.2. The molecule has 1 saturated carbocycles. The second-order valence-corrected chi connectivity index (χ2v) is 11.0. The summed E-state index contributed by atoms with van der Waals surface area (Å²) >= 11 is 1.37. The Morgan fingerprint density at radius 1 is 1.15 bits per heavy atom. The number of hydrogen-bond acceptors (Lipinski definition) is 10. The fourth-order valence-electron chi connectivity index (χ4n) is 4.27. The van der Waals surface area contributed by atoms with Gasteiger partial charge in [0.1, 0.15) is 18.0 Å². The van der Waals surface area contributed by atoms with Crippen LogP contribution in [-0.2, 0) is 24.1 Å². The van der Waals surface area contributed by atoms with Gasteiger partial charge < -0.3 is 14.2 Å². The number of carbonyl (C=O) groups is 2. The topological polar surface area (TPSA) is 141 Å². The van der Waals surface area contributed by atoms with E-state index in [1.807, 2.05) is 24.3 Å². The van der Waals surface area contributed by atoms with E-state index in [0.29, 0.717) is 10.9 Å². The van der Waals surface area contributed by atoms with Gasteiger partial charge in [0.2, 0.25) is 0 Å². The van der Waals surface area contributed by atoms with Crippen molar-refractivity contribution in [1.82, 2.24) is 10.5 Å². The van der Waals surface area contributed by atoms with Gasteiger partial charge in [0.15, 0.2) is 9.84 Å². The number of nitrogens with zero attached hydrogens (tertiary/aromatic N) is 1. The summed E-state index contributed by atoms with van der Waals surface area (Å²) in [6.45, 7) is 0. The highest BCUT2D eigenvalue weighted by Crippen LogP contribution is 2.46. The van der Waals surface area contributed by atoms with Crippen LogP contribution in [0.25, 0.3) is 10.2 Å². The summed E-state index contributed by atoms with van der Waals surface area (Å²) in [5.74, 6) is -1.04. The number of sulfone groups is 1. The van der Waals surface area contributed by atoms with Crippen molar-refractivity contribution in [2.24, 2.45) is 5.41 Å². The van der Waals surface area contributed by atoms with Crippen LogP contribution in [0.3, 0.4) is 0 Å². The first-order valence-electron chi connectivity index (χ1n) is 9.96. The lowest BCUT2D eigenvalue weighted by Gasteiger charge is -2.26. The molecule has 33 heavy (non-hydrogen) atoms. The Kier molecular flexibility index (Phi) is 5.22. The Bertz CT molecular complexity index is 1290. The molecule has 0 spiro atoms. The van der Waals surface area contributed by atoms with Crippen LogP contribution in [0.1, 0.15) is 12.8 Å². The van der Waals surface area contributed by atoms with Crippen molar-refractivity contribution < 1.29 is 37.4 Å². The van der Waals surface area contributed by atoms with Crippen molar-refractivity contribution in [3.8, 4) is 10.9 Å². The van der Waals surface area contributed by atoms with Crippen molar-refractivity contribution in [2.45, 2.75) is 29.9 Å². The van der Waals surface area contributed by atoms with Crippen molar-refractivity contribution in [3.05, 3.63) is 48.5 Å². The number of amides is 1. The van der Waals surface area contributed by atoms with Gasteiger partial charge in [-0.05, 0) is 36.4 Å². The lowest BCUT2D eigenvalue weighted by atomic mass is 9.87. The standard InChI is InChI=1S/C21H18N2O8S2/c24-18(23-26)21(9-15-16(10-21)31-20(25)30-15)11-33(27,28)13-7-5-12(6-8-13)29-19-22-14-3-1-2-4-17(14)32-19/h1-8,15-16,26H,9-11H2,(H,23,24). The lowest BCUT2D eigenvalue weighted by Crippen LogP contribution is -2.43. The van der Waals surface area contributed by atoms with Gasteiger partial charge >= 0.3 is 6.16 Å². The van der Waals surface area contributed by atoms with Crippen molar-refractivity contribution in [2.75, 3.05) is 5.75 Å². The van der Waals surface area contributed by atoms with Crippen LogP contribution in [0.5, 0.6) is 10.9 Å². The zero-order valence-corrected chi connectivity index (χ0v) is 18.6. The number of carbonyl (C=O) groups excluding carboxylic acids is 2. The van der Waals surface area contributed by atoms with Crippen LogP contribution in [0.15, 0.2) is 53.4 Å². The Labute approximate surface area is 192 Å². The molecule has 10 nitrogen and oxygen atoms in total. The predicted octanol–water partition coefficient (Wildman–Crippen LogP) is 3.05. The van der Waals surface area contributed by atoms with Gasteiger partial charge in [-0.15, -0.1) is 0 Å². The second kappa shape index (κ2) is 7.97. The van der Waals surface area contributed by atoms with E-state index in [2.05, 4.69) is 4.98 Å². The summed E-state index contributed by atoms with van der Waals surface area (Å²) in [5.41, 5.74) is 0.850. The Balaban J connectivity index is 1.34. The zero-order chi connectivity index (χ0) is 23.2. The van der Waals surface area contributed by atoms with E-state index in [0.717, 1.165) is 10.2 Å². The molecule has 2 N–H and O–H groups in total. The molecule has 2 aromatic carbocycles. The molecule has 3 aromatic rings. The number of para-hydroxylation sites is 1. The van der Waals surface area contributed by atoms with Gasteiger partial charge in [-0.3, -0.25) is 10.0 Å². The molecule has 0 radical (unpaired) electrons. The molecule has 1 saturated heterocycles. The fourth-order valence-corrected chi connectivity index (χ4v) is 6.92. The van der Waals surface area contributed by atoms with E-state index in [-0.39, 0.29) is 17.7 Å². The number of hydrogen-bond donors (Lipinski definition) is 2. The van der Waals surface area contributed by atoms with Gasteiger partial charge in [-0.1, -0.05) is 23.5 Å². The molecule has 0 bridgehead atoms. The van der Waals surface area contributed by atoms with Crippen LogP contribution >= 0.6 is 11.3 Å². The monoisotopic (exact) mass is 490 g/mol. The summed E-state index contributed by atoms with van der Waals surface area (Å²) < 4.78 is 43.0.